The lowest BCUT2D eigenvalue weighted by atomic mass is 9.97. The van der Waals surface area contributed by atoms with Crippen LogP contribution in [0, 0.1) is 11.3 Å². The molecule has 0 aliphatic heterocycles. The van der Waals surface area contributed by atoms with Crippen LogP contribution in [0.15, 0.2) is 0 Å². The van der Waals surface area contributed by atoms with Gasteiger partial charge in [-0.25, -0.2) is 0 Å². The molecule has 3 nitrogen and oxygen atoms in total. The van der Waals surface area contributed by atoms with Crippen LogP contribution in [0.4, 0.5) is 0 Å². The van der Waals surface area contributed by atoms with E-state index < -0.39 is 6.10 Å². The number of unbranched alkanes of at least 4 members (excludes halogenated alkanes) is 1. The van der Waals surface area contributed by atoms with Gasteiger partial charge in [-0.1, -0.05) is 53.9 Å². The van der Waals surface area contributed by atoms with Crippen LogP contribution in [0.3, 0.4) is 0 Å². The number of hydrogen-bond donors (Lipinski definition) is 2. The maximum Gasteiger partial charge on any atom is 0.0897 e. The fraction of sp³-hybridized carbons (Fsp3) is 1.00. The molecular weight excluding hydrogens is 238 g/mol. The van der Waals surface area contributed by atoms with E-state index in [2.05, 4.69) is 39.9 Å². The molecule has 2 N–H and O–H groups in total. The molecule has 0 amide bonds. The Balaban J connectivity index is 3.58. The second-order valence-electron chi connectivity index (χ2n) is 6.80. The lowest BCUT2D eigenvalue weighted by molar-refractivity contribution is 0.0187. The summed E-state index contributed by atoms with van der Waals surface area (Å²) in [6.07, 6.45) is 4.53. The average Bonchev–Trinajstić information content (AvgIpc) is 2.31. The van der Waals surface area contributed by atoms with Gasteiger partial charge in [-0.2, -0.15) is 0 Å². The van der Waals surface area contributed by atoms with E-state index in [1.165, 1.54) is 25.7 Å². The van der Waals surface area contributed by atoms with E-state index in [0.29, 0.717) is 19.1 Å². The molecule has 0 saturated carbocycles. The van der Waals surface area contributed by atoms with Gasteiger partial charge in [0, 0.05) is 19.7 Å². The van der Waals surface area contributed by atoms with E-state index in [-0.39, 0.29) is 5.41 Å². The van der Waals surface area contributed by atoms with E-state index in [4.69, 9.17) is 4.74 Å². The van der Waals surface area contributed by atoms with Crippen molar-refractivity contribution in [3.8, 4) is 0 Å². The molecule has 0 spiro atoms. The third-order valence-electron chi connectivity index (χ3n) is 3.24. The van der Waals surface area contributed by atoms with Gasteiger partial charge in [0.05, 0.1) is 12.7 Å². The van der Waals surface area contributed by atoms with Crippen molar-refractivity contribution in [1.29, 1.82) is 0 Å². The molecule has 0 aromatic carbocycles. The van der Waals surface area contributed by atoms with Crippen LogP contribution in [-0.2, 0) is 4.74 Å². The Hall–Kier alpha value is -0.120. The van der Waals surface area contributed by atoms with Crippen molar-refractivity contribution in [2.45, 2.75) is 66.4 Å². The Labute approximate surface area is 120 Å². The highest BCUT2D eigenvalue weighted by Crippen LogP contribution is 2.13. The summed E-state index contributed by atoms with van der Waals surface area (Å²) < 4.78 is 5.64. The molecule has 2 unspecified atom stereocenters. The highest BCUT2D eigenvalue weighted by Gasteiger charge is 2.12. The number of hydrogen-bond acceptors (Lipinski definition) is 3. The number of aliphatic hydroxyl groups excluding tert-OH is 1. The minimum Gasteiger partial charge on any atom is -0.389 e. The maximum atomic E-state index is 9.82. The van der Waals surface area contributed by atoms with Gasteiger partial charge in [-0.15, -0.1) is 0 Å². The van der Waals surface area contributed by atoms with Gasteiger partial charge in [-0.3, -0.25) is 0 Å². The first kappa shape index (κ1) is 18.9. The fourth-order valence-corrected chi connectivity index (χ4v) is 1.94. The SMILES string of the molecule is CCCCC(CC)COCC(O)CNCC(C)(C)C. The van der Waals surface area contributed by atoms with Crippen molar-refractivity contribution in [2.24, 2.45) is 11.3 Å². The summed E-state index contributed by atoms with van der Waals surface area (Å²) in [6.45, 7) is 13.7. The first-order chi connectivity index (χ1) is 8.89. The highest BCUT2D eigenvalue weighted by molar-refractivity contribution is 4.67. The predicted octanol–water partition coefficient (Wildman–Crippen LogP) is 3.22. The van der Waals surface area contributed by atoms with E-state index in [9.17, 15) is 5.11 Å². The smallest absolute Gasteiger partial charge is 0.0897 e. The molecule has 2 atom stereocenters. The monoisotopic (exact) mass is 273 g/mol. The van der Waals surface area contributed by atoms with Gasteiger partial charge in [0.2, 0.25) is 0 Å². The van der Waals surface area contributed by atoms with Crippen molar-refractivity contribution < 1.29 is 9.84 Å². The van der Waals surface area contributed by atoms with E-state index >= 15 is 0 Å². The molecule has 0 heterocycles. The number of nitrogens with one attached hydrogen (secondary N) is 1. The van der Waals surface area contributed by atoms with E-state index in [0.717, 1.165) is 13.2 Å². The summed E-state index contributed by atoms with van der Waals surface area (Å²) in [5, 5.41) is 13.1. The first-order valence-electron chi connectivity index (χ1n) is 7.85. The van der Waals surface area contributed by atoms with E-state index in [1.54, 1.807) is 0 Å². The molecular formula is C16H35NO2. The molecule has 0 aromatic rings. The Morgan fingerprint density at radius 3 is 2.37 bits per heavy atom. The van der Waals surface area contributed by atoms with Crippen LogP contribution in [0.25, 0.3) is 0 Å². The van der Waals surface area contributed by atoms with Gasteiger partial charge in [-0.05, 0) is 17.8 Å². The van der Waals surface area contributed by atoms with Crippen molar-refractivity contribution >= 4 is 0 Å². The first-order valence-corrected chi connectivity index (χ1v) is 7.85. The predicted molar refractivity (Wildman–Crippen MR) is 82.5 cm³/mol. The van der Waals surface area contributed by atoms with Gasteiger partial charge in [0.1, 0.15) is 0 Å². The fourth-order valence-electron chi connectivity index (χ4n) is 1.94. The lowest BCUT2D eigenvalue weighted by Gasteiger charge is -2.21. The minimum atomic E-state index is -0.397. The standard InChI is InChI=1S/C16H35NO2/c1-6-8-9-14(7-2)11-19-12-15(18)10-17-13-16(3,4)5/h14-15,17-18H,6-13H2,1-5H3. The third kappa shape index (κ3) is 12.6. The van der Waals surface area contributed by atoms with Crippen molar-refractivity contribution in [3.63, 3.8) is 0 Å². The summed E-state index contributed by atoms with van der Waals surface area (Å²) in [5.74, 6) is 0.648. The molecule has 0 aliphatic carbocycles. The third-order valence-corrected chi connectivity index (χ3v) is 3.24. The number of aliphatic hydroxyl groups is 1. The lowest BCUT2D eigenvalue weighted by Crippen LogP contribution is -2.35. The number of ether oxygens (including phenoxy) is 1. The summed E-state index contributed by atoms with van der Waals surface area (Å²) in [4.78, 5) is 0. The molecule has 0 aromatic heterocycles. The van der Waals surface area contributed by atoms with Crippen LogP contribution in [0.2, 0.25) is 0 Å². The Morgan fingerprint density at radius 1 is 1.16 bits per heavy atom. The maximum absolute atomic E-state index is 9.82. The zero-order valence-corrected chi connectivity index (χ0v) is 13.7. The van der Waals surface area contributed by atoms with Crippen LogP contribution >= 0.6 is 0 Å². The van der Waals surface area contributed by atoms with Crippen LogP contribution in [0.5, 0.6) is 0 Å². The second-order valence-corrected chi connectivity index (χ2v) is 6.80. The van der Waals surface area contributed by atoms with Crippen molar-refractivity contribution in [1.82, 2.24) is 5.32 Å². The summed E-state index contributed by atoms with van der Waals surface area (Å²) in [6, 6.07) is 0. The zero-order valence-electron chi connectivity index (χ0n) is 13.7. The van der Waals surface area contributed by atoms with Gasteiger partial charge >= 0.3 is 0 Å². The molecule has 0 rings (SSSR count). The zero-order chi connectivity index (χ0) is 14.7. The highest BCUT2D eigenvalue weighted by atomic mass is 16.5. The molecule has 19 heavy (non-hydrogen) atoms. The summed E-state index contributed by atoms with van der Waals surface area (Å²) in [5.41, 5.74) is 0.258. The molecule has 0 bridgehead atoms. The van der Waals surface area contributed by atoms with Gasteiger partial charge in [0.25, 0.3) is 0 Å². The summed E-state index contributed by atoms with van der Waals surface area (Å²) in [7, 11) is 0. The Kier molecular flexibility index (Phi) is 10.6. The van der Waals surface area contributed by atoms with Crippen LogP contribution < -0.4 is 5.32 Å². The molecule has 116 valence electrons. The van der Waals surface area contributed by atoms with Gasteiger partial charge in [0.15, 0.2) is 0 Å². The molecule has 0 aliphatic rings. The largest absolute Gasteiger partial charge is 0.389 e. The Morgan fingerprint density at radius 2 is 1.84 bits per heavy atom. The van der Waals surface area contributed by atoms with Gasteiger partial charge < -0.3 is 15.2 Å². The molecule has 3 heteroatoms. The molecule has 0 saturated heterocycles. The summed E-state index contributed by atoms with van der Waals surface area (Å²) >= 11 is 0. The van der Waals surface area contributed by atoms with Crippen LogP contribution in [0.1, 0.15) is 60.3 Å². The minimum absolute atomic E-state index is 0.258. The van der Waals surface area contributed by atoms with Crippen molar-refractivity contribution in [3.05, 3.63) is 0 Å². The number of rotatable bonds is 11. The Bertz CT molecular complexity index is 201. The second kappa shape index (κ2) is 10.6. The van der Waals surface area contributed by atoms with E-state index in [1.807, 2.05) is 0 Å². The van der Waals surface area contributed by atoms with Crippen molar-refractivity contribution in [2.75, 3.05) is 26.3 Å². The average molecular weight is 273 g/mol. The molecule has 0 radical (unpaired) electrons. The van der Waals surface area contributed by atoms with Crippen LogP contribution in [-0.4, -0.2) is 37.5 Å². The molecule has 0 fully saturated rings. The normalized spacial score (nSPS) is 15.5. The quantitative estimate of drug-likeness (QED) is 0.607. The topological polar surface area (TPSA) is 41.5 Å².